The van der Waals surface area contributed by atoms with Crippen molar-refractivity contribution in [3.63, 3.8) is 0 Å². The lowest BCUT2D eigenvalue weighted by Gasteiger charge is -2.13. The number of hydrogen-bond donors (Lipinski definition) is 1. The number of halogens is 1. The molecule has 3 rings (SSSR count). The van der Waals surface area contributed by atoms with Crippen molar-refractivity contribution >= 4 is 27.3 Å². The molecule has 0 saturated carbocycles. The minimum Gasteiger partial charge on any atom is -0.480 e. The van der Waals surface area contributed by atoms with Gasteiger partial charge in [0.1, 0.15) is 5.75 Å². The molecule has 1 amide bonds. The highest BCUT2D eigenvalue weighted by Gasteiger charge is 2.31. The fraction of sp³-hybridized carbons (Fsp3) is 0.500. The Labute approximate surface area is 128 Å². The summed E-state index contributed by atoms with van der Waals surface area (Å²) < 4.78 is 28.3. The van der Waals surface area contributed by atoms with E-state index in [0.717, 1.165) is 5.56 Å². The molecule has 0 bridgehead atoms. The highest BCUT2D eigenvalue weighted by molar-refractivity contribution is 7.91. The quantitative estimate of drug-likeness (QED) is 0.904. The fourth-order valence-corrected chi connectivity index (χ4v) is 4.81. The Morgan fingerprint density at radius 2 is 2.24 bits per heavy atom. The first kappa shape index (κ1) is 14.7. The first-order chi connectivity index (χ1) is 9.93. The summed E-state index contributed by atoms with van der Waals surface area (Å²) in [6.45, 7) is 0.384. The van der Waals surface area contributed by atoms with Crippen LogP contribution in [0.4, 0.5) is 0 Å². The van der Waals surface area contributed by atoms with E-state index in [1.165, 1.54) is 0 Å². The van der Waals surface area contributed by atoms with Crippen molar-refractivity contribution in [2.45, 2.75) is 18.9 Å². The smallest absolute Gasteiger partial charge is 0.261 e. The molecule has 2 aliphatic heterocycles. The summed E-state index contributed by atoms with van der Waals surface area (Å²) in [5.74, 6) is 0.873. The Balaban J connectivity index is 1.54. The Morgan fingerprint density at radius 3 is 2.95 bits per heavy atom. The summed E-state index contributed by atoms with van der Waals surface area (Å²) in [5.41, 5.74) is 0.922. The zero-order valence-corrected chi connectivity index (χ0v) is 12.9. The second-order valence-electron chi connectivity index (χ2n) is 5.58. The van der Waals surface area contributed by atoms with E-state index in [2.05, 4.69) is 5.32 Å². The van der Waals surface area contributed by atoms with Crippen LogP contribution in [0.1, 0.15) is 12.0 Å². The summed E-state index contributed by atoms with van der Waals surface area (Å²) in [5, 5.41) is 3.41. The van der Waals surface area contributed by atoms with Gasteiger partial charge >= 0.3 is 0 Å². The highest BCUT2D eigenvalue weighted by Crippen LogP contribution is 2.31. The van der Waals surface area contributed by atoms with Gasteiger partial charge in [0.15, 0.2) is 15.9 Å². The molecular formula is C14H16ClNO4S. The summed E-state index contributed by atoms with van der Waals surface area (Å²) in [6, 6.07) is 5.28. The number of amides is 1. The summed E-state index contributed by atoms with van der Waals surface area (Å²) in [6.07, 6.45) is 0.547. The number of fused-ring (bicyclic) bond motifs is 1. The van der Waals surface area contributed by atoms with Gasteiger partial charge in [0, 0.05) is 18.0 Å². The molecule has 21 heavy (non-hydrogen) atoms. The van der Waals surface area contributed by atoms with Crippen molar-refractivity contribution in [3.8, 4) is 5.75 Å². The molecular weight excluding hydrogens is 314 g/mol. The van der Waals surface area contributed by atoms with Gasteiger partial charge in [-0.1, -0.05) is 11.6 Å². The average Bonchev–Trinajstić information content (AvgIpc) is 2.98. The maximum atomic E-state index is 12.1. The molecule has 1 aromatic rings. The second kappa shape index (κ2) is 5.50. The maximum Gasteiger partial charge on any atom is 0.261 e. The van der Waals surface area contributed by atoms with Crippen molar-refractivity contribution in [1.82, 2.24) is 5.32 Å². The number of nitrogens with one attached hydrogen (secondary N) is 1. The molecule has 2 heterocycles. The van der Waals surface area contributed by atoms with Crippen LogP contribution in [0.5, 0.6) is 5.75 Å². The molecule has 0 radical (unpaired) electrons. The van der Waals surface area contributed by atoms with E-state index in [4.69, 9.17) is 16.3 Å². The zero-order valence-electron chi connectivity index (χ0n) is 11.3. The van der Waals surface area contributed by atoms with E-state index in [0.29, 0.717) is 30.2 Å². The van der Waals surface area contributed by atoms with Gasteiger partial charge < -0.3 is 10.1 Å². The molecule has 1 fully saturated rings. The molecule has 114 valence electrons. The van der Waals surface area contributed by atoms with Gasteiger partial charge in [-0.25, -0.2) is 8.42 Å². The lowest BCUT2D eigenvalue weighted by molar-refractivity contribution is -0.127. The minimum atomic E-state index is -2.91. The molecule has 0 aromatic heterocycles. The van der Waals surface area contributed by atoms with Crippen LogP contribution in [0.15, 0.2) is 18.2 Å². The van der Waals surface area contributed by atoms with Crippen LogP contribution in [0.3, 0.4) is 0 Å². The zero-order chi connectivity index (χ0) is 15.0. The lowest BCUT2D eigenvalue weighted by Crippen LogP contribution is -2.40. The molecule has 2 aliphatic rings. The van der Waals surface area contributed by atoms with Crippen molar-refractivity contribution < 1.29 is 17.9 Å². The third kappa shape index (κ3) is 3.32. The molecule has 1 aromatic carbocycles. The summed E-state index contributed by atoms with van der Waals surface area (Å²) >= 11 is 5.91. The van der Waals surface area contributed by atoms with Crippen LogP contribution in [0.25, 0.3) is 0 Å². The van der Waals surface area contributed by atoms with Crippen molar-refractivity contribution in [2.24, 2.45) is 5.92 Å². The molecule has 1 saturated heterocycles. The number of hydrogen-bond acceptors (Lipinski definition) is 4. The first-order valence-corrected chi connectivity index (χ1v) is 9.06. The molecule has 7 heteroatoms. The van der Waals surface area contributed by atoms with Crippen LogP contribution in [-0.4, -0.2) is 38.5 Å². The van der Waals surface area contributed by atoms with Crippen LogP contribution < -0.4 is 10.1 Å². The van der Waals surface area contributed by atoms with Crippen LogP contribution in [0, 0.1) is 5.92 Å². The van der Waals surface area contributed by atoms with Gasteiger partial charge in [-0.05, 0) is 36.1 Å². The predicted octanol–water partition coefficient (Wildman–Crippen LogP) is 1.19. The normalized spacial score (nSPS) is 26.1. The standard InChI is InChI=1S/C14H16ClNO4S/c15-11-1-2-12-10(5-11)6-13(20-12)14(17)16-7-9-3-4-21(18,19)8-9/h1-2,5,9,13H,3-4,6-8H2,(H,16,17)/t9-,13-/m1/s1. The van der Waals surface area contributed by atoms with Gasteiger partial charge in [-0.15, -0.1) is 0 Å². The number of rotatable bonds is 3. The largest absolute Gasteiger partial charge is 0.480 e. The highest BCUT2D eigenvalue weighted by atomic mass is 35.5. The number of carbonyl (C=O) groups is 1. The Morgan fingerprint density at radius 1 is 1.43 bits per heavy atom. The van der Waals surface area contributed by atoms with E-state index < -0.39 is 15.9 Å². The molecule has 0 unspecified atom stereocenters. The van der Waals surface area contributed by atoms with Crippen LogP contribution >= 0.6 is 11.6 Å². The number of carbonyl (C=O) groups excluding carboxylic acids is 1. The van der Waals surface area contributed by atoms with E-state index in [1.54, 1.807) is 18.2 Å². The lowest BCUT2D eigenvalue weighted by atomic mass is 10.1. The number of benzene rings is 1. The Hall–Kier alpha value is -1.27. The molecule has 0 spiro atoms. The predicted molar refractivity (Wildman–Crippen MR) is 79.3 cm³/mol. The molecule has 5 nitrogen and oxygen atoms in total. The van der Waals surface area contributed by atoms with Gasteiger partial charge in [0.2, 0.25) is 0 Å². The maximum absolute atomic E-state index is 12.1. The van der Waals surface area contributed by atoms with E-state index >= 15 is 0 Å². The van der Waals surface area contributed by atoms with Gasteiger partial charge in [-0.2, -0.15) is 0 Å². The summed E-state index contributed by atoms with van der Waals surface area (Å²) in [7, 11) is -2.91. The molecule has 0 aliphatic carbocycles. The number of sulfone groups is 1. The third-order valence-corrected chi connectivity index (χ3v) is 5.95. The van der Waals surface area contributed by atoms with Gasteiger partial charge in [0.25, 0.3) is 5.91 Å². The van der Waals surface area contributed by atoms with Crippen molar-refractivity contribution in [2.75, 3.05) is 18.1 Å². The third-order valence-electron chi connectivity index (χ3n) is 3.88. The van der Waals surface area contributed by atoms with Crippen LogP contribution in [0.2, 0.25) is 5.02 Å². The first-order valence-electron chi connectivity index (χ1n) is 6.86. The van der Waals surface area contributed by atoms with E-state index in [-0.39, 0.29) is 23.3 Å². The van der Waals surface area contributed by atoms with E-state index in [1.807, 2.05) is 0 Å². The number of ether oxygens (including phenoxy) is 1. The molecule has 1 N–H and O–H groups in total. The van der Waals surface area contributed by atoms with Gasteiger partial charge in [0.05, 0.1) is 11.5 Å². The molecule has 2 atom stereocenters. The van der Waals surface area contributed by atoms with Gasteiger partial charge in [-0.3, -0.25) is 4.79 Å². The topological polar surface area (TPSA) is 72.5 Å². The fourth-order valence-electron chi connectivity index (χ4n) is 2.76. The minimum absolute atomic E-state index is 0.0113. The Bertz CT molecular complexity index is 674. The summed E-state index contributed by atoms with van der Waals surface area (Å²) in [4.78, 5) is 12.1. The van der Waals surface area contributed by atoms with Crippen LogP contribution in [-0.2, 0) is 21.1 Å². The van der Waals surface area contributed by atoms with Crippen molar-refractivity contribution in [1.29, 1.82) is 0 Å². The second-order valence-corrected chi connectivity index (χ2v) is 8.24. The average molecular weight is 330 g/mol. The van der Waals surface area contributed by atoms with Crippen molar-refractivity contribution in [3.05, 3.63) is 28.8 Å². The Kier molecular flexibility index (Phi) is 3.84. The SMILES string of the molecule is O=C(NC[C@H]1CCS(=O)(=O)C1)[C@H]1Cc2cc(Cl)ccc2O1. The monoisotopic (exact) mass is 329 g/mol. The van der Waals surface area contributed by atoms with E-state index in [9.17, 15) is 13.2 Å².